The van der Waals surface area contributed by atoms with Crippen LogP contribution in [-0.4, -0.2) is 23.6 Å². The number of pyridine rings is 2. The van der Waals surface area contributed by atoms with Gasteiger partial charge in [0.25, 0.3) is 0 Å². The van der Waals surface area contributed by atoms with Crippen LogP contribution in [0.1, 0.15) is 18.1 Å². The molecule has 0 aliphatic carbocycles. The van der Waals surface area contributed by atoms with E-state index >= 15 is 0 Å². The monoisotopic (exact) mass is 290 g/mol. The van der Waals surface area contributed by atoms with Gasteiger partial charge in [-0.2, -0.15) is 0 Å². The second-order valence-corrected chi connectivity index (χ2v) is 5.05. The Morgan fingerprint density at radius 3 is 2.80 bits per heavy atom. The predicted octanol–water partition coefficient (Wildman–Crippen LogP) is 2.88. The molecular weight excluding hydrogens is 272 g/mol. The van der Waals surface area contributed by atoms with E-state index in [9.17, 15) is 0 Å². The summed E-state index contributed by atoms with van der Waals surface area (Å²) >= 11 is 6.32. The minimum Gasteiger partial charge on any atom is -0.354 e. The molecule has 0 aliphatic rings. The summed E-state index contributed by atoms with van der Waals surface area (Å²) < 4.78 is 0. The minimum atomic E-state index is 0.673. The number of anilines is 1. The molecule has 5 heteroatoms. The lowest BCUT2D eigenvalue weighted by Gasteiger charge is -2.19. The average molecular weight is 291 g/mol. The fraction of sp³-hybridized carbons (Fsp3) is 0.333. The lowest BCUT2D eigenvalue weighted by Crippen LogP contribution is -2.19. The van der Waals surface area contributed by atoms with Crippen LogP contribution in [0, 0.1) is 0 Å². The van der Waals surface area contributed by atoms with E-state index in [4.69, 9.17) is 11.6 Å². The summed E-state index contributed by atoms with van der Waals surface area (Å²) in [5.41, 5.74) is 2.22. The summed E-state index contributed by atoms with van der Waals surface area (Å²) in [5.74, 6) is 0.788. The molecule has 2 aromatic rings. The van der Waals surface area contributed by atoms with Gasteiger partial charge in [0.15, 0.2) is 0 Å². The highest BCUT2D eigenvalue weighted by Crippen LogP contribution is 2.24. The predicted molar refractivity (Wildman–Crippen MR) is 83.0 cm³/mol. The minimum absolute atomic E-state index is 0.673. The number of halogens is 1. The van der Waals surface area contributed by atoms with Gasteiger partial charge in [-0.15, -0.1) is 0 Å². The smallest absolute Gasteiger partial charge is 0.147 e. The van der Waals surface area contributed by atoms with Crippen LogP contribution in [-0.2, 0) is 13.1 Å². The van der Waals surface area contributed by atoms with Crippen molar-refractivity contribution in [1.29, 1.82) is 0 Å². The standard InChI is InChI=1S/C15H19ClN4/c1-3-17-9-13-7-14(16)15(19-10-13)20(2)11-12-5-4-6-18-8-12/h4-8,10,17H,3,9,11H2,1-2H3. The zero-order chi connectivity index (χ0) is 14.4. The molecule has 0 saturated carbocycles. The Bertz CT molecular complexity index is 545. The Kier molecular flexibility index (Phi) is 5.32. The molecule has 0 fully saturated rings. The fourth-order valence-electron chi connectivity index (χ4n) is 1.96. The van der Waals surface area contributed by atoms with Crippen LogP contribution in [0.4, 0.5) is 5.82 Å². The SMILES string of the molecule is CCNCc1cnc(N(C)Cc2cccnc2)c(Cl)c1. The molecule has 0 aromatic carbocycles. The largest absolute Gasteiger partial charge is 0.354 e. The topological polar surface area (TPSA) is 41.1 Å². The summed E-state index contributed by atoms with van der Waals surface area (Å²) in [7, 11) is 1.98. The van der Waals surface area contributed by atoms with E-state index in [-0.39, 0.29) is 0 Å². The first-order chi connectivity index (χ1) is 9.70. The van der Waals surface area contributed by atoms with Crippen LogP contribution in [0.3, 0.4) is 0 Å². The molecule has 0 atom stereocenters. The van der Waals surface area contributed by atoms with Crippen LogP contribution < -0.4 is 10.2 Å². The molecule has 2 aromatic heterocycles. The Morgan fingerprint density at radius 2 is 2.15 bits per heavy atom. The third-order valence-corrected chi connectivity index (χ3v) is 3.24. The Hall–Kier alpha value is -1.65. The van der Waals surface area contributed by atoms with Crippen molar-refractivity contribution in [1.82, 2.24) is 15.3 Å². The molecule has 2 rings (SSSR count). The van der Waals surface area contributed by atoms with Gasteiger partial charge in [0.1, 0.15) is 5.82 Å². The highest BCUT2D eigenvalue weighted by atomic mass is 35.5. The molecule has 4 nitrogen and oxygen atoms in total. The van der Waals surface area contributed by atoms with E-state index in [1.165, 1.54) is 0 Å². The molecule has 0 spiro atoms. The van der Waals surface area contributed by atoms with Crippen molar-refractivity contribution >= 4 is 17.4 Å². The molecule has 1 N–H and O–H groups in total. The van der Waals surface area contributed by atoms with Crippen molar-refractivity contribution in [2.24, 2.45) is 0 Å². The Labute approximate surface area is 124 Å². The maximum absolute atomic E-state index is 6.32. The maximum atomic E-state index is 6.32. The first-order valence-corrected chi connectivity index (χ1v) is 7.03. The number of nitrogens with zero attached hydrogens (tertiary/aromatic N) is 3. The molecule has 0 radical (unpaired) electrons. The van der Waals surface area contributed by atoms with Gasteiger partial charge in [-0.25, -0.2) is 4.98 Å². The second kappa shape index (κ2) is 7.22. The van der Waals surface area contributed by atoms with Crippen molar-refractivity contribution in [2.75, 3.05) is 18.5 Å². The third kappa shape index (κ3) is 3.92. The van der Waals surface area contributed by atoms with E-state index < -0.39 is 0 Å². The van der Waals surface area contributed by atoms with E-state index in [0.717, 1.165) is 36.6 Å². The van der Waals surface area contributed by atoms with Crippen molar-refractivity contribution in [3.63, 3.8) is 0 Å². The zero-order valence-electron chi connectivity index (χ0n) is 11.8. The first kappa shape index (κ1) is 14.8. The van der Waals surface area contributed by atoms with Crippen molar-refractivity contribution < 1.29 is 0 Å². The lowest BCUT2D eigenvalue weighted by molar-refractivity contribution is 0.724. The summed E-state index contributed by atoms with van der Waals surface area (Å²) in [5, 5.41) is 3.93. The molecule has 2 heterocycles. The summed E-state index contributed by atoms with van der Waals surface area (Å²) in [4.78, 5) is 10.6. The van der Waals surface area contributed by atoms with Crippen molar-refractivity contribution in [3.8, 4) is 0 Å². The number of rotatable bonds is 6. The molecule has 0 aliphatic heterocycles. The van der Waals surface area contributed by atoms with Gasteiger partial charge in [-0.1, -0.05) is 24.6 Å². The normalized spacial score (nSPS) is 10.6. The van der Waals surface area contributed by atoms with Crippen LogP contribution in [0.2, 0.25) is 5.02 Å². The van der Waals surface area contributed by atoms with Gasteiger partial charge in [-0.05, 0) is 29.8 Å². The van der Waals surface area contributed by atoms with Crippen LogP contribution in [0.25, 0.3) is 0 Å². The van der Waals surface area contributed by atoms with E-state index in [0.29, 0.717) is 5.02 Å². The van der Waals surface area contributed by atoms with Gasteiger partial charge < -0.3 is 10.2 Å². The number of aromatic nitrogens is 2. The molecular formula is C15H19ClN4. The van der Waals surface area contributed by atoms with Gasteiger partial charge in [-0.3, -0.25) is 4.98 Å². The Balaban J connectivity index is 2.08. The van der Waals surface area contributed by atoms with E-state index in [2.05, 4.69) is 22.2 Å². The maximum Gasteiger partial charge on any atom is 0.147 e. The van der Waals surface area contributed by atoms with Crippen LogP contribution >= 0.6 is 11.6 Å². The average Bonchev–Trinajstić information content (AvgIpc) is 2.46. The number of hydrogen-bond donors (Lipinski definition) is 1. The Morgan fingerprint density at radius 1 is 1.30 bits per heavy atom. The molecule has 0 amide bonds. The van der Waals surface area contributed by atoms with Gasteiger partial charge >= 0.3 is 0 Å². The first-order valence-electron chi connectivity index (χ1n) is 6.66. The quantitative estimate of drug-likeness (QED) is 0.888. The lowest BCUT2D eigenvalue weighted by atomic mass is 10.2. The third-order valence-electron chi connectivity index (χ3n) is 2.96. The van der Waals surface area contributed by atoms with Crippen LogP contribution in [0.15, 0.2) is 36.8 Å². The number of nitrogens with one attached hydrogen (secondary N) is 1. The van der Waals surface area contributed by atoms with Gasteiger partial charge in [0.05, 0.1) is 5.02 Å². The second-order valence-electron chi connectivity index (χ2n) is 4.65. The molecule has 0 bridgehead atoms. The summed E-state index contributed by atoms with van der Waals surface area (Å²) in [6.45, 7) is 4.52. The molecule has 106 valence electrons. The molecule has 20 heavy (non-hydrogen) atoms. The molecule has 0 unspecified atom stereocenters. The van der Waals surface area contributed by atoms with E-state index in [1.807, 2.05) is 42.5 Å². The van der Waals surface area contributed by atoms with E-state index in [1.54, 1.807) is 6.20 Å². The summed E-state index contributed by atoms with van der Waals surface area (Å²) in [6.07, 6.45) is 5.48. The molecule has 0 saturated heterocycles. The fourth-order valence-corrected chi connectivity index (χ4v) is 2.29. The van der Waals surface area contributed by atoms with Gasteiger partial charge in [0.2, 0.25) is 0 Å². The summed E-state index contributed by atoms with van der Waals surface area (Å²) in [6, 6.07) is 5.93. The van der Waals surface area contributed by atoms with Crippen LogP contribution in [0.5, 0.6) is 0 Å². The highest BCUT2D eigenvalue weighted by molar-refractivity contribution is 6.33. The number of hydrogen-bond acceptors (Lipinski definition) is 4. The van der Waals surface area contributed by atoms with Gasteiger partial charge in [0, 0.05) is 38.7 Å². The van der Waals surface area contributed by atoms with Crippen molar-refractivity contribution in [2.45, 2.75) is 20.0 Å². The zero-order valence-corrected chi connectivity index (χ0v) is 12.6. The highest BCUT2D eigenvalue weighted by Gasteiger charge is 2.09. The van der Waals surface area contributed by atoms with Crippen molar-refractivity contribution in [3.05, 3.63) is 52.9 Å².